The van der Waals surface area contributed by atoms with Crippen LogP contribution in [0, 0.1) is 0 Å². The van der Waals surface area contributed by atoms with Gasteiger partial charge in [0.15, 0.2) is 17.8 Å². The number of amides is 1. The van der Waals surface area contributed by atoms with Crippen LogP contribution in [0.15, 0.2) is 65.6 Å². The van der Waals surface area contributed by atoms with E-state index in [1.54, 1.807) is 36.4 Å². The van der Waals surface area contributed by atoms with Gasteiger partial charge in [0.1, 0.15) is 5.75 Å². The molecule has 1 atom stereocenters. The van der Waals surface area contributed by atoms with Gasteiger partial charge in [-0.3, -0.25) is 4.79 Å². The average Bonchev–Trinajstić information content (AvgIpc) is 3.35. The highest BCUT2D eigenvalue weighted by molar-refractivity contribution is 7.90. The molecule has 9 nitrogen and oxygen atoms in total. The quantitative estimate of drug-likeness (QED) is 0.327. The number of benzene rings is 3. The van der Waals surface area contributed by atoms with Gasteiger partial charge >= 0.3 is 0 Å². The van der Waals surface area contributed by atoms with Crippen LogP contribution in [-0.4, -0.2) is 31.3 Å². The maximum absolute atomic E-state index is 13.5. The summed E-state index contributed by atoms with van der Waals surface area (Å²) in [5.41, 5.74) is 2.24. The molecule has 1 amide bonds. The first-order valence-electron chi connectivity index (χ1n) is 12.3. The molecule has 1 unspecified atom stereocenters. The molecule has 0 aromatic heterocycles. The molecule has 202 valence electrons. The van der Waals surface area contributed by atoms with Crippen molar-refractivity contribution < 1.29 is 37.6 Å². The van der Waals surface area contributed by atoms with E-state index >= 15 is 0 Å². The predicted molar refractivity (Wildman–Crippen MR) is 139 cm³/mol. The number of rotatable bonds is 10. The molecule has 1 aliphatic heterocycles. The van der Waals surface area contributed by atoms with E-state index in [1.165, 1.54) is 24.3 Å². The summed E-state index contributed by atoms with van der Waals surface area (Å²) in [7, 11) is -4.20. The lowest BCUT2D eigenvalue weighted by atomic mass is 10.0. The van der Waals surface area contributed by atoms with Gasteiger partial charge in [-0.2, -0.15) is 0 Å². The van der Waals surface area contributed by atoms with E-state index in [-0.39, 0.29) is 23.2 Å². The third-order valence-corrected chi connectivity index (χ3v) is 7.54. The smallest absolute Gasteiger partial charge is 0.279 e. The molecule has 10 heteroatoms. The summed E-state index contributed by atoms with van der Waals surface area (Å²) >= 11 is 0. The van der Waals surface area contributed by atoms with E-state index in [9.17, 15) is 23.4 Å². The largest absolute Gasteiger partial charge is 0.475 e. The molecule has 0 radical (unpaired) electrons. The molecule has 0 fully saturated rings. The number of carbonyl (C=O) groups is 1. The number of hydrogen-bond donors (Lipinski definition) is 3. The fraction of sp³-hybridized carbons (Fsp3) is 0.321. The van der Waals surface area contributed by atoms with E-state index in [2.05, 4.69) is 4.72 Å². The van der Waals surface area contributed by atoms with Gasteiger partial charge in [-0.1, -0.05) is 51.5 Å². The Labute approximate surface area is 222 Å². The average molecular weight is 542 g/mol. The van der Waals surface area contributed by atoms with Crippen molar-refractivity contribution >= 4 is 15.9 Å². The topological polar surface area (TPSA) is 131 Å². The second kappa shape index (κ2) is 11.4. The number of aryl methyl sites for hydroxylation is 1. The Balaban J connectivity index is 1.68. The van der Waals surface area contributed by atoms with E-state index < -0.39 is 28.3 Å². The Morgan fingerprint density at radius 2 is 1.61 bits per heavy atom. The van der Waals surface area contributed by atoms with E-state index in [4.69, 9.17) is 14.2 Å². The number of aliphatic hydroxyl groups is 2. The Hall–Kier alpha value is -3.60. The van der Waals surface area contributed by atoms with Crippen molar-refractivity contribution in [3.8, 4) is 17.2 Å². The molecule has 0 saturated carbocycles. The lowest BCUT2D eigenvalue weighted by Gasteiger charge is -2.22. The molecule has 3 aromatic carbocycles. The molecule has 0 spiro atoms. The standard InChI is InChI=1S/C28H31NO8S/c1-4-5-19-14-21(28(31)32)9-12-23(19)37-26(20-8-13-24-25(15-20)36-16-35-24)27(30)29-38(33,34)22-10-6-18(7-11-22)17(2)3/h6-15,17,26,28,31-32H,4-5,16H2,1-3H3,(H,29,30). The summed E-state index contributed by atoms with van der Waals surface area (Å²) in [6.07, 6.45) is -1.77. The SMILES string of the molecule is CCCc1cc(C(O)O)ccc1OC(C(=O)NS(=O)(=O)c1ccc(C(C)C)cc1)c1ccc2c(c1)OCO2. The van der Waals surface area contributed by atoms with Crippen molar-refractivity contribution in [2.75, 3.05) is 6.79 Å². The molecule has 3 aromatic rings. The first kappa shape index (κ1) is 27.4. The highest BCUT2D eigenvalue weighted by Crippen LogP contribution is 2.36. The Morgan fingerprint density at radius 3 is 2.26 bits per heavy atom. The summed E-state index contributed by atoms with van der Waals surface area (Å²) in [5.74, 6) is 0.543. The lowest BCUT2D eigenvalue weighted by Crippen LogP contribution is -2.37. The molecule has 4 rings (SSSR count). The van der Waals surface area contributed by atoms with Gasteiger partial charge in [0.05, 0.1) is 4.90 Å². The second-order valence-corrected chi connectivity index (χ2v) is 11.0. The van der Waals surface area contributed by atoms with Crippen LogP contribution in [0.4, 0.5) is 0 Å². The van der Waals surface area contributed by atoms with E-state index in [0.29, 0.717) is 34.8 Å². The van der Waals surface area contributed by atoms with Crippen LogP contribution < -0.4 is 18.9 Å². The number of aliphatic hydroxyl groups excluding tert-OH is 1. The molecule has 0 bridgehead atoms. The summed E-state index contributed by atoms with van der Waals surface area (Å²) in [6.45, 7) is 5.98. The van der Waals surface area contributed by atoms with Gasteiger partial charge in [0.25, 0.3) is 15.9 Å². The van der Waals surface area contributed by atoms with Gasteiger partial charge in [-0.15, -0.1) is 0 Å². The first-order valence-corrected chi connectivity index (χ1v) is 13.8. The van der Waals surface area contributed by atoms with Crippen LogP contribution in [0.1, 0.15) is 67.8 Å². The van der Waals surface area contributed by atoms with Gasteiger partial charge in [-0.25, -0.2) is 13.1 Å². The predicted octanol–water partition coefficient (Wildman–Crippen LogP) is 4.10. The van der Waals surface area contributed by atoms with Crippen LogP contribution in [0.3, 0.4) is 0 Å². The Bertz CT molecular complexity index is 1400. The molecule has 3 N–H and O–H groups in total. The van der Waals surface area contributed by atoms with Crippen LogP contribution >= 0.6 is 0 Å². The lowest BCUT2D eigenvalue weighted by molar-refractivity contribution is -0.126. The molecule has 38 heavy (non-hydrogen) atoms. The van der Waals surface area contributed by atoms with Gasteiger partial charge in [-0.05, 0) is 59.9 Å². The zero-order chi connectivity index (χ0) is 27.4. The molecular formula is C28H31NO8S. The number of ether oxygens (including phenoxy) is 3. The van der Waals surface area contributed by atoms with E-state index in [0.717, 1.165) is 12.0 Å². The van der Waals surface area contributed by atoms with Crippen molar-refractivity contribution in [3.63, 3.8) is 0 Å². The number of hydrogen-bond acceptors (Lipinski definition) is 8. The molecule has 0 aliphatic carbocycles. The molecular weight excluding hydrogens is 510 g/mol. The maximum Gasteiger partial charge on any atom is 0.279 e. The summed E-state index contributed by atoms with van der Waals surface area (Å²) < 4.78 is 45.3. The van der Waals surface area contributed by atoms with Gasteiger partial charge in [0, 0.05) is 11.1 Å². The number of sulfonamides is 1. The zero-order valence-electron chi connectivity index (χ0n) is 21.4. The minimum Gasteiger partial charge on any atom is -0.475 e. The summed E-state index contributed by atoms with van der Waals surface area (Å²) in [5, 5.41) is 19.2. The van der Waals surface area contributed by atoms with Crippen molar-refractivity contribution in [1.29, 1.82) is 0 Å². The monoisotopic (exact) mass is 541 g/mol. The molecule has 1 aliphatic rings. The Kier molecular flexibility index (Phi) is 8.25. The van der Waals surface area contributed by atoms with Crippen LogP contribution in [0.25, 0.3) is 0 Å². The highest BCUT2D eigenvalue weighted by Gasteiger charge is 2.30. The molecule has 0 saturated heterocycles. The second-order valence-electron chi connectivity index (χ2n) is 9.29. The van der Waals surface area contributed by atoms with Crippen LogP contribution in [-0.2, 0) is 21.2 Å². The van der Waals surface area contributed by atoms with E-state index in [1.807, 2.05) is 20.8 Å². The van der Waals surface area contributed by atoms with Gasteiger partial charge in [0.2, 0.25) is 12.9 Å². The normalized spacial score (nSPS) is 13.6. The van der Waals surface area contributed by atoms with Gasteiger partial charge < -0.3 is 24.4 Å². The van der Waals surface area contributed by atoms with Crippen molar-refractivity contribution in [2.45, 2.75) is 56.8 Å². The third kappa shape index (κ3) is 6.09. The minimum absolute atomic E-state index is 0.0306. The zero-order valence-corrected chi connectivity index (χ0v) is 22.2. The van der Waals surface area contributed by atoms with Crippen LogP contribution in [0.5, 0.6) is 17.2 Å². The van der Waals surface area contributed by atoms with Crippen molar-refractivity contribution in [3.05, 3.63) is 82.9 Å². The summed E-state index contributed by atoms with van der Waals surface area (Å²) in [6, 6.07) is 15.7. The summed E-state index contributed by atoms with van der Waals surface area (Å²) in [4.78, 5) is 13.4. The fourth-order valence-electron chi connectivity index (χ4n) is 4.09. The van der Waals surface area contributed by atoms with Crippen LogP contribution in [0.2, 0.25) is 0 Å². The highest BCUT2D eigenvalue weighted by atomic mass is 32.2. The van der Waals surface area contributed by atoms with Crippen molar-refractivity contribution in [1.82, 2.24) is 4.72 Å². The number of fused-ring (bicyclic) bond motifs is 1. The maximum atomic E-state index is 13.5. The number of carbonyl (C=O) groups excluding carboxylic acids is 1. The third-order valence-electron chi connectivity index (χ3n) is 6.18. The minimum atomic E-state index is -4.20. The molecule has 1 heterocycles. The number of nitrogens with one attached hydrogen (secondary N) is 1. The first-order chi connectivity index (χ1) is 18.1. The van der Waals surface area contributed by atoms with Crippen molar-refractivity contribution in [2.24, 2.45) is 0 Å². The fourth-order valence-corrected chi connectivity index (χ4v) is 5.08. The Morgan fingerprint density at radius 1 is 0.947 bits per heavy atom.